The number of hydrogen-bond donors (Lipinski definition) is 1. The fourth-order valence-corrected chi connectivity index (χ4v) is 5.19. The number of nitrogens with zero attached hydrogens (tertiary/aromatic N) is 4. The summed E-state index contributed by atoms with van der Waals surface area (Å²) < 4.78 is 4.94. The van der Waals surface area contributed by atoms with Crippen LogP contribution < -0.4 is 5.32 Å². The van der Waals surface area contributed by atoms with Crippen molar-refractivity contribution in [1.82, 2.24) is 20.3 Å². The minimum absolute atomic E-state index is 0. The Kier molecular flexibility index (Phi) is 6.44. The molecule has 2 aromatic rings. The predicted molar refractivity (Wildman–Crippen MR) is 125 cm³/mol. The Bertz CT molecular complexity index is 831. The summed E-state index contributed by atoms with van der Waals surface area (Å²) in [7, 11) is 1.90. The van der Waals surface area contributed by atoms with Gasteiger partial charge in [0.15, 0.2) is 5.96 Å². The van der Waals surface area contributed by atoms with Gasteiger partial charge < -0.3 is 14.7 Å². The Morgan fingerprint density at radius 2 is 2.03 bits per heavy atom. The van der Waals surface area contributed by atoms with E-state index in [4.69, 9.17) is 4.52 Å². The fraction of sp³-hybridized carbons (Fsp3) is 0.545. The van der Waals surface area contributed by atoms with Gasteiger partial charge in [-0.05, 0) is 41.7 Å². The number of aliphatic imine (C=N–C) groups is 1. The van der Waals surface area contributed by atoms with Crippen LogP contribution in [0.1, 0.15) is 29.2 Å². The molecular weight excluding hydrogens is 477 g/mol. The molecule has 3 atom stereocenters. The van der Waals surface area contributed by atoms with Crippen molar-refractivity contribution < 1.29 is 4.52 Å². The zero-order valence-electron chi connectivity index (χ0n) is 17.0. The maximum atomic E-state index is 4.94. The lowest BCUT2D eigenvalue weighted by Crippen LogP contribution is -2.52. The molecule has 29 heavy (non-hydrogen) atoms. The van der Waals surface area contributed by atoms with Gasteiger partial charge in [0, 0.05) is 52.4 Å². The average Bonchev–Trinajstić information content (AvgIpc) is 3.21. The van der Waals surface area contributed by atoms with E-state index in [0.29, 0.717) is 0 Å². The molecule has 1 aromatic carbocycles. The van der Waals surface area contributed by atoms with Gasteiger partial charge in [0.2, 0.25) is 0 Å². The largest absolute Gasteiger partial charge is 0.364 e. The van der Waals surface area contributed by atoms with E-state index in [2.05, 4.69) is 49.5 Å². The highest BCUT2D eigenvalue weighted by Crippen LogP contribution is 2.59. The molecule has 0 amide bonds. The highest BCUT2D eigenvalue weighted by molar-refractivity contribution is 14.0. The molecule has 0 radical (unpaired) electrons. The highest BCUT2D eigenvalue weighted by atomic mass is 127. The number of fused-ring (bicyclic) bond motifs is 3. The number of piperazine rings is 1. The van der Waals surface area contributed by atoms with Crippen molar-refractivity contribution in [3.63, 3.8) is 0 Å². The van der Waals surface area contributed by atoms with E-state index in [1.807, 2.05) is 13.1 Å². The van der Waals surface area contributed by atoms with Gasteiger partial charge in [-0.15, -0.1) is 24.0 Å². The molecule has 7 heteroatoms. The van der Waals surface area contributed by atoms with Crippen LogP contribution in [-0.2, 0) is 13.0 Å². The first-order valence-electron chi connectivity index (χ1n) is 10.5. The summed E-state index contributed by atoms with van der Waals surface area (Å²) in [5.74, 6) is 3.43. The van der Waals surface area contributed by atoms with Gasteiger partial charge in [0.1, 0.15) is 6.26 Å². The zero-order valence-corrected chi connectivity index (χ0v) is 19.3. The molecule has 1 saturated carbocycles. The summed E-state index contributed by atoms with van der Waals surface area (Å²) in [4.78, 5) is 9.37. The molecule has 1 aromatic heterocycles. The zero-order chi connectivity index (χ0) is 18.9. The van der Waals surface area contributed by atoms with E-state index in [1.165, 1.54) is 12.8 Å². The van der Waals surface area contributed by atoms with Gasteiger partial charge in [-0.1, -0.05) is 29.4 Å². The molecule has 3 aliphatic rings. The molecule has 2 heterocycles. The van der Waals surface area contributed by atoms with Crippen molar-refractivity contribution >= 4 is 29.9 Å². The minimum Gasteiger partial charge on any atom is -0.364 e. The number of aromatic nitrogens is 1. The van der Waals surface area contributed by atoms with Crippen LogP contribution in [0.2, 0.25) is 0 Å². The van der Waals surface area contributed by atoms with Crippen molar-refractivity contribution in [3.05, 3.63) is 53.4 Å². The lowest BCUT2D eigenvalue weighted by atomic mass is 9.92. The Morgan fingerprint density at radius 1 is 1.21 bits per heavy atom. The third kappa shape index (κ3) is 4.30. The Hall–Kier alpha value is -1.61. The van der Waals surface area contributed by atoms with Crippen LogP contribution >= 0.6 is 24.0 Å². The number of rotatable bonds is 4. The van der Waals surface area contributed by atoms with E-state index in [1.54, 1.807) is 17.4 Å². The lowest BCUT2D eigenvalue weighted by molar-refractivity contribution is 0.169. The highest BCUT2D eigenvalue weighted by Gasteiger charge is 2.52. The average molecular weight is 507 g/mol. The smallest absolute Gasteiger partial charge is 0.193 e. The molecule has 0 spiro atoms. The van der Waals surface area contributed by atoms with Crippen LogP contribution in [-0.4, -0.2) is 60.7 Å². The monoisotopic (exact) mass is 507 g/mol. The number of aryl methyl sites for hydroxylation is 1. The topological polar surface area (TPSA) is 56.9 Å². The standard InChI is InChI=1S/C22H29N5O.HI/c1-23-22(27-11-9-26(10-12-27)15-17-8-13-28-25-17)24-14-20-19-7-6-16-4-2-3-5-18(16)21(19)20;/h2-5,8,13,19-21H,6-7,9-12,14-15H2,1H3,(H,23,24);1H. The first kappa shape index (κ1) is 20.7. The van der Waals surface area contributed by atoms with E-state index in [9.17, 15) is 0 Å². The Balaban J connectivity index is 0.00000205. The van der Waals surface area contributed by atoms with Crippen LogP contribution in [0.25, 0.3) is 0 Å². The lowest BCUT2D eigenvalue weighted by Gasteiger charge is -2.36. The summed E-state index contributed by atoms with van der Waals surface area (Å²) in [6, 6.07) is 11.0. The van der Waals surface area contributed by atoms with Gasteiger partial charge in [0.25, 0.3) is 0 Å². The summed E-state index contributed by atoms with van der Waals surface area (Å²) in [6.07, 6.45) is 4.23. The van der Waals surface area contributed by atoms with Crippen molar-refractivity contribution in [2.75, 3.05) is 39.8 Å². The van der Waals surface area contributed by atoms with Gasteiger partial charge in [-0.25, -0.2) is 0 Å². The van der Waals surface area contributed by atoms with Gasteiger partial charge >= 0.3 is 0 Å². The van der Waals surface area contributed by atoms with Crippen molar-refractivity contribution in [2.45, 2.75) is 25.3 Å². The van der Waals surface area contributed by atoms with Crippen molar-refractivity contribution in [1.29, 1.82) is 0 Å². The van der Waals surface area contributed by atoms with Crippen LogP contribution in [0, 0.1) is 11.8 Å². The quantitative estimate of drug-likeness (QED) is 0.392. The molecule has 1 saturated heterocycles. The minimum atomic E-state index is 0. The second-order valence-corrected chi connectivity index (χ2v) is 8.27. The van der Waals surface area contributed by atoms with Crippen LogP contribution in [0.15, 0.2) is 46.1 Å². The van der Waals surface area contributed by atoms with Crippen LogP contribution in [0.3, 0.4) is 0 Å². The third-order valence-corrected chi connectivity index (χ3v) is 6.75. The molecule has 6 nitrogen and oxygen atoms in total. The molecule has 3 unspecified atom stereocenters. The molecular formula is C22H30IN5O. The van der Waals surface area contributed by atoms with Gasteiger partial charge in [-0.3, -0.25) is 9.89 Å². The number of guanidine groups is 1. The van der Waals surface area contributed by atoms with E-state index in [0.717, 1.165) is 68.7 Å². The summed E-state index contributed by atoms with van der Waals surface area (Å²) in [5.41, 5.74) is 4.17. The van der Waals surface area contributed by atoms with E-state index in [-0.39, 0.29) is 24.0 Å². The number of benzene rings is 1. The SMILES string of the molecule is CN=C(NCC1C2CCc3ccccc3C21)N1CCN(Cc2ccon2)CC1.I. The molecule has 156 valence electrons. The normalized spacial score (nSPS) is 26.3. The Labute approximate surface area is 189 Å². The molecule has 1 N–H and O–H groups in total. The second kappa shape index (κ2) is 9.04. The Morgan fingerprint density at radius 3 is 2.79 bits per heavy atom. The summed E-state index contributed by atoms with van der Waals surface area (Å²) in [6.45, 7) is 5.94. The van der Waals surface area contributed by atoms with Crippen LogP contribution in [0.4, 0.5) is 0 Å². The van der Waals surface area contributed by atoms with Crippen molar-refractivity contribution in [2.24, 2.45) is 16.8 Å². The molecule has 0 bridgehead atoms. The molecule has 2 aliphatic carbocycles. The number of halogens is 1. The second-order valence-electron chi connectivity index (χ2n) is 8.27. The predicted octanol–water partition coefficient (Wildman–Crippen LogP) is 2.96. The first-order chi connectivity index (χ1) is 13.8. The molecule has 1 aliphatic heterocycles. The molecule has 2 fully saturated rings. The molecule has 5 rings (SSSR count). The van der Waals surface area contributed by atoms with Crippen molar-refractivity contribution in [3.8, 4) is 0 Å². The number of hydrogen-bond acceptors (Lipinski definition) is 4. The van der Waals surface area contributed by atoms with E-state index >= 15 is 0 Å². The summed E-state index contributed by atoms with van der Waals surface area (Å²) >= 11 is 0. The van der Waals surface area contributed by atoms with E-state index < -0.39 is 0 Å². The fourth-order valence-electron chi connectivity index (χ4n) is 5.19. The first-order valence-corrected chi connectivity index (χ1v) is 10.5. The van der Waals surface area contributed by atoms with Gasteiger partial charge in [0.05, 0.1) is 5.69 Å². The summed E-state index contributed by atoms with van der Waals surface area (Å²) in [5, 5.41) is 7.70. The van der Waals surface area contributed by atoms with Gasteiger partial charge in [-0.2, -0.15) is 0 Å². The maximum absolute atomic E-state index is 4.94. The number of nitrogens with one attached hydrogen (secondary N) is 1. The van der Waals surface area contributed by atoms with Crippen LogP contribution in [0.5, 0.6) is 0 Å². The third-order valence-electron chi connectivity index (χ3n) is 6.75. The maximum Gasteiger partial charge on any atom is 0.193 e.